The van der Waals surface area contributed by atoms with Gasteiger partial charge in [0.2, 0.25) is 0 Å². The van der Waals surface area contributed by atoms with Crippen LogP contribution in [-0.4, -0.2) is 17.3 Å². The Morgan fingerprint density at radius 2 is 1.92 bits per heavy atom. The van der Waals surface area contributed by atoms with Crippen LogP contribution in [0.3, 0.4) is 0 Å². The molecule has 0 aromatic heterocycles. The Balaban J connectivity index is 2.79. The Morgan fingerprint density at radius 1 is 1.38 bits per heavy atom. The minimum atomic E-state index is -0.434. The fraction of sp³-hybridized carbons (Fsp3) is 0.300. The lowest BCUT2D eigenvalue weighted by Crippen LogP contribution is -2.24. The second-order valence-corrected chi connectivity index (χ2v) is 3.27. The van der Waals surface area contributed by atoms with E-state index < -0.39 is 5.37 Å². The van der Waals surface area contributed by atoms with Crippen LogP contribution < -0.4 is 0 Å². The van der Waals surface area contributed by atoms with E-state index in [-0.39, 0.29) is 6.04 Å². The monoisotopic (exact) mass is 197 g/mol. The quantitative estimate of drug-likeness (QED) is 0.527. The molecule has 3 heteroatoms. The lowest BCUT2D eigenvalue weighted by atomic mass is 10.1. The lowest BCUT2D eigenvalue weighted by Gasteiger charge is -2.22. The zero-order valence-electron chi connectivity index (χ0n) is 7.70. The average Bonchev–Trinajstić information content (AvgIpc) is 2.17. The predicted molar refractivity (Wildman–Crippen MR) is 53.9 cm³/mol. The third kappa shape index (κ3) is 2.46. The maximum atomic E-state index is 10.8. The van der Waals surface area contributed by atoms with Crippen LogP contribution in [0.2, 0.25) is 0 Å². The number of carbonyl (C=O) groups is 1. The number of halogens is 1. The molecule has 0 fully saturated rings. The van der Waals surface area contributed by atoms with Crippen molar-refractivity contribution in [1.82, 2.24) is 4.90 Å². The van der Waals surface area contributed by atoms with Crippen molar-refractivity contribution in [2.75, 3.05) is 7.05 Å². The van der Waals surface area contributed by atoms with Gasteiger partial charge in [0, 0.05) is 7.05 Å². The Kier molecular flexibility index (Phi) is 3.32. The van der Waals surface area contributed by atoms with Crippen LogP contribution in [0.1, 0.15) is 18.5 Å². The molecule has 0 N–H and O–H groups in total. The minimum Gasteiger partial charge on any atom is -0.326 e. The number of carbonyl (C=O) groups excluding carboxylic acids is 1. The summed E-state index contributed by atoms with van der Waals surface area (Å²) in [5, 5.41) is -0.434. The maximum Gasteiger partial charge on any atom is 0.316 e. The first-order chi connectivity index (χ1) is 6.13. The summed E-state index contributed by atoms with van der Waals surface area (Å²) in [4.78, 5) is 12.3. The summed E-state index contributed by atoms with van der Waals surface area (Å²) in [5.41, 5.74) is 1.08. The van der Waals surface area contributed by atoms with Gasteiger partial charge in [0.25, 0.3) is 0 Å². The highest BCUT2D eigenvalue weighted by Gasteiger charge is 2.14. The molecular weight excluding hydrogens is 186 g/mol. The van der Waals surface area contributed by atoms with E-state index in [1.807, 2.05) is 37.3 Å². The van der Waals surface area contributed by atoms with Crippen molar-refractivity contribution in [2.24, 2.45) is 0 Å². The topological polar surface area (TPSA) is 20.3 Å². The van der Waals surface area contributed by atoms with Gasteiger partial charge in [-0.3, -0.25) is 4.79 Å². The van der Waals surface area contributed by atoms with Crippen LogP contribution in [0.4, 0.5) is 4.79 Å². The summed E-state index contributed by atoms with van der Waals surface area (Å²) in [5.74, 6) is 0. The first-order valence-electron chi connectivity index (χ1n) is 4.10. The molecule has 0 heterocycles. The fourth-order valence-corrected chi connectivity index (χ4v) is 1.25. The summed E-state index contributed by atoms with van der Waals surface area (Å²) in [6, 6.07) is 9.79. The summed E-state index contributed by atoms with van der Waals surface area (Å²) in [7, 11) is 1.69. The molecule has 0 bridgehead atoms. The highest BCUT2D eigenvalue weighted by molar-refractivity contribution is 6.62. The molecule has 1 aromatic carbocycles. The molecule has 0 saturated carbocycles. The molecule has 0 unspecified atom stereocenters. The van der Waals surface area contributed by atoms with Crippen molar-refractivity contribution >= 4 is 17.0 Å². The zero-order chi connectivity index (χ0) is 9.84. The SMILES string of the molecule is C[C@@H](c1ccccc1)N(C)C(=O)Cl. The molecule has 70 valence electrons. The van der Waals surface area contributed by atoms with Crippen molar-refractivity contribution in [3.05, 3.63) is 35.9 Å². The van der Waals surface area contributed by atoms with E-state index in [9.17, 15) is 4.79 Å². The first-order valence-corrected chi connectivity index (χ1v) is 4.48. The summed E-state index contributed by atoms with van der Waals surface area (Å²) >= 11 is 5.36. The standard InChI is InChI=1S/C10H12ClNO/c1-8(12(2)10(11)13)9-6-4-3-5-7-9/h3-8H,1-2H3/t8-/m0/s1. The van der Waals surface area contributed by atoms with E-state index in [0.29, 0.717) is 0 Å². The lowest BCUT2D eigenvalue weighted by molar-refractivity contribution is 0.218. The van der Waals surface area contributed by atoms with Crippen LogP contribution in [0.15, 0.2) is 30.3 Å². The molecule has 1 rings (SSSR count). The minimum absolute atomic E-state index is 0.0196. The van der Waals surface area contributed by atoms with Crippen LogP contribution in [-0.2, 0) is 0 Å². The average molecular weight is 198 g/mol. The molecule has 0 saturated heterocycles. The second kappa shape index (κ2) is 4.28. The molecule has 1 atom stereocenters. The number of rotatable bonds is 2. The van der Waals surface area contributed by atoms with E-state index in [1.165, 1.54) is 4.90 Å². The van der Waals surface area contributed by atoms with Crippen LogP contribution in [0.25, 0.3) is 0 Å². The second-order valence-electron chi connectivity index (χ2n) is 2.95. The van der Waals surface area contributed by atoms with Crippen molar-refractivity contribution in [3.8, 4) is 0 Å². The van der Waals surface area contributed by atoms with Gasteiger partial charge in [-0.05, 0) is 24.1 Å². The Bertz CT molecular complexity index is 286. The van der Waals surface area contributed by atoms with Crippen molar-refractivity contribution in [3.63, 3.8) is 0 Å². The van der Waals surface area contributed by atoms with E-state index in [1.54, 1.807) is 7.05 Å². The van der Waals surface area contributed by atoms with Gasteiger partial charge in [0.1, 0.15) is 0 Å². The van der Waals surface area contributed by atoms with Gasteiger partial charge < -0.3 is 4.90 Å². The third-order valence-electron chi connectivity index (χ3n) is 2.14. The molecule has 1 aromatic rings. The third-order valence-corrected chi connectivity index (χ3v) is 2.41. The van der Waals surface area contributed by atoms with E-state index in [4.69, 9.17) is 11.6 Å². The van der Waals surface area contributed by atoms with Crippen molar-refractivity contribution in [1.29, 1.82) is 0 Å². The summed E-state index contributed by atoms with van der Waals surface area (Å²) < 4.78 is 0. The number of amides is 1. The van der Waals surface area contributed by atoms with Crippen LogP contribution >= 0.6 is 11.6 Å². The normalized spacial score (nSPS) is 12.2. The highest BCUT2D eigenvalue weighted by Crippen LogP contribution is 2.18. The predicted octanol–water partition coefficient (Wildman–Crippen LogP) is 3.04. The van der Waals surface area contributed by atoms with Gasteiger partial charge in [0.15, 0.2) is 0 Å². The van der Waals surface area contributed by atoms with Crippen molar-refractivity contribution < 1.29 is 4.79 Å². The molecule has 0 aliphatic rings. The highest BCUT2D eigenvalue weighted by atomic mass is 35.5. The van der Waals surface area contributed by atoms with Gasteiger partial charge in [-0.1, -0.05) is 30.3 Å². The molecular formula is C10H12ClNO. The van der Waals surface area contributed by atoms with Gasteiger partial charge in [-0.2, -0.15) is 0 Å². The molecule has 0 aliphatic carbocycles. The Hall–Kier alpha value is -1.02. The van der Waals surface area contributed by atoms with Crippen LogP contribution in [0, 0.1) is 0 Å². The van der Waals surface area contributed by atoms with E-state index in [2.05, 4.69) is 0 Å². The molecule has 1 amide bonds. The van der Waals surface area contributed by atoms with Crippen LogP contribution in [0.5, 0.6) is 0 Å². The molecule has 0 aliphatic heterocycles. The van der Waals surface area contributed by atoms with Gasteiger partial charge in [0.05, 0.1) is 6.04 Å². The smallest absolute Gasteiger partial charge is 0.316 e. The van der Waals surface area contributed by atoms with Gasteiger partial charge in [-0.15, -0.1) is 0 Å². The van der Waals surface area contributed by atoms with Crippen molar-refractivity contribution in [2.45, 2.75) is 13.0 Å². The van der Waals surface area contributed by atoms with E-state index >= 15 is 0 Å². The number of hydrogen-bond donors (Lipinski definition) is 0. The van der Waals surface area contributed by atoms with Gasteiger partial charge >= 0.3 is 5.37 Å². The largest absolute Gasteiger partial charge is 0.326 e. The molecule has 0 radical (unpaired) electrons. The Morgan fingerprint density at radius 3 is 2.38 bits per heavy atom. The number of nitrogens with zero attached hydrogens (tertiary/aromatic N) is 1. The maximum absolute atomic E-state index is 10.8. The summed E-state index contributed by atoms with van der Waals surface area (Å²) in [6.07, 6.45) is 0. The molecule has 2 nitrogen and oxygen atoms in total. The number of benzene rings is 1. The fourth-order valence-electron chi connectivity index (χ4n) is 1.11. The molecule has 0 spiro atoms. The van der Waals surface area contributed by atoms with Gasteiger partial charge in [-0.25, -0.2) is 0 Å². The zero-order valence-corrected chi connectivity index (χ0v) is 8.45. The first kappa shape index (κ1) is 10.1. The summed E-state index contributed by atoms with van der Waals surface area (Å²) in [6.45, 7) is 1.94. The molecule has 13 heavy (non-hydrogen) atoms. The number of hydrogen-bond acceptors (Lipinski definition) is 1. The Labute approximate surface area is 83.1 Å². The van der Waals surface area contributed by atoms with E-state index in [0.717, 1.165) is 5.56 Å².